The molecule has 0 aliphatic carbocycles. The quantitative estimate of drug-likeness (QED) is 0.166. The van der Waals surface area contributed by atoms with E-state index in [1.54, 1.807) is 12.1 Å². The average Bonchev–Trinajstić information content (AvgIpc) is 3.73. The van der Waals surface area contributed by atoms with Gasteiger partial charge in [-0.15, -0.1) is 0 Å². The standard InChI is InChI=1S/C52H33NO/c1-5-16-42-34(11-1)14-9-21-49(42)53(40-30-25-37(26-31-40)48-33-38-13-3-4-15-41(38)45-18-7-8-19-46(45)48)39-28-23-36(24-29-39)43-20-10-22-50-51(43)47-32-27-35-12-2-6-17-44(35)52(47)54-50/h1-33H/i1D,5D,9D,11D,14D,16D,21D,25D,26D,30D,31D. The minimum Gasteiger partial charge on any atom is -0.455 e. The fraction of sp³-hybridized carbons (Fsp3) is 0. The fourth-order valence-electron chi connectivity index (χ4n) is 7.73. The summed E-state index contributed by atoms with van der Waals surface area (Å²) in [5, 5.41) is 6.63. The Morgan fingerprint density at radius 2 is 1.13 bits per heavy atom. The molecule has 1 aromatic heterocycles. The van der Waals surface area contributed by atoms with Crippen molar-refractivity contribution in [1.82, 2.24) is 0 Å². The van der Waals surface area contributed by atoms with Gasteiger partial charge in [0.2, 0.25) is 0 Å². The number of rotatable bonds is 5. The highest BCUT2D eigenvalue weighted by Gasteiger charge is 2.18. The summed E-state index contributed by atoms with van der Waals surface area (Å²) < 4.78 is 107. The Kier molecular flexibility index (Phi) is 4.84. The highest BCUT2D eigenvalue weighted by molar-refractivity contribution is 6.19. The van der Waals surface area contributed by atoms with Crippen LogP contribution in [0.1, 0.15) is 15.1 Å². The summed E-state index contributed by atoms with van der Waals surface area (Å²) in [7, 11) is 0. The average molecular weight is 699 g/mol. The van der Waals surface area contributed by atoms with Gasteiger partial charge in [0.1, 0.15) is 11.2 Å². The largest absolute Gasteiger partial charge is 0.455 e. The molecule has 0 N–H and O–H groups in total. The van der Waals surface area contributed by atoms with E-state index in [1.807, 2.05) is 115 Å². The van der Waals surface area contributed by atoms with Crippen LogP contribution in [0.5, 0.6) is 0 Å². The van der Waals surface area contributed by atoms with Crippen LogP contribution in [0.15, 0.2) is 204 Å². The van der Waals surface area contributed by atoms with Crippen LogP contribution in [0, 0.1) is 0 Å². The van der Waals surface area contributed by atoms with Crippen molar-refractivity contribution in [1.29, 1.82) is 0 Å². The Hall–Kier alpha value is -7.16. The van der Waals surface area contributed by atoms with Crippen molar-refractivity contribution >= 4 is 82.1 Å². The third kappa shape index (κ3) is 4.81. The maximum Gasteiger partial charge on any atom is 0.143 e. The van der Waals surface area contributed by atoms with Crippen molar-refractivity contribution in [2.75, 3.05) is 4.90 Å². The maximum absolute atomic E-state index is 9.71. The van der Waals surface area contributed by atoms with Crippen LogP contribution in [0.2, 0.25) is 0 Å². The van der Waals surface area contributed by atoms with E-state index < -0.39 is 54.4 Å². The first kappa shape index (κ1) is 21.4. The number of nitrogens with zero attached hydrogens (tertiary/aromatic N) is 1. The lowest BCUT2D eigenvalue weighted by Gasteiger charge is -2.27. The van der Waals surface area contributed by atoms with E-state index in [2.05, 4.69) is 6.07 Å². The van der Waals surface area contributed by atoms with Gasteiger partial charge in [0.05, 0.1) is 20.8 Å². The second kappa shape index (κ2) is 12.2. The Morgan fingerprint density at radius 1 is 0.407 bits per heavy atom. The van der Waals surface area contributed by atoms with Gasteiger partial charge in [-0.25, -0.2) is 0 Å². The van der Waals surface area contributed by atoms with Crippen LogP contribution in [0.3, 0.4) is 0 Å². The number of anilines is 3. The van der Waals surface area contributed by atoms with Crippen LogP contribution in [0.4, 0.5) is 17.1 Å². The summed E-state index contributed by atoms with van der Waals surface area (Å²) in [6.07, 6.45) is 0. The SMILES string of the molecule is [2H]c1c([2H])c(N(c2ccc(-c3cccc4oc5c6ccccc6ccc5c34)cc2)c2c([2H])c([2H])c([2H])c3c([2H])c([2H])c([2H])c([2H])c23)c([2H])c([2H])c1-c1cc2ccccc2c2ccccc12. The van der Waals surface area contributed by atoms with Gasteiger partial charge in [0.25, 0.3) is 0 Å². The van der Waals surface area contributed by atoms with Crippen molar-refractivity contribution in [3.63, 3.8) is 0 Å². The zero-order valence-corrected chi connectivity index (χ0v) is 28.6. The second-order valence-electron chi connectivity index (χ2n) is 13.2. The lowest BCUT2D eigenvalue weighted by molar-refractivity contribution is 0.673. The summed E-state index contributed by atoms with van der Waals surface area (Å²) in [4.78, 5) is 1.27. The Balaban J connectivity index is 1.19. The number of furan rings is 1. The summed E-state index contributed by atoms with van der Waals surface area (Å²) in [5.41, 5.74) is 3.19. The van der Waals surface area contributed by atoms with Gasteiger partial charge in [-0.05, 0) is 103 Å². The van der Waals surface area contributed by atoms with Gasteiger partial charge in [0, 0.05) is 32.9 Å². The molecule has 0 atom stereocenters. The van der Waals surface area contributed by atoms with Gasteiger partial charge in [-0.2, -0.15) is 0 Å². The Labute approximate surface area is 328 Å². The topological polar surface area (TPSA) is 16.4 Å². The summed E-state index contributed by atoms with van der Waals surface area (Å²) in [6.45, 7) is 0. The van der Waals surface area contributed by atoms with E-state index in [1.165, 1.54) is 4.90 Å². The molecule has 0 bridgehead atoms. The van der Waals surface area contributed by atoms with E-state index >= 15 is 0 Å². The molecular weight excluding hydrogens is 655 g/mol. The Morgan fingerprint density at radius 3 is 1.98 bits per heavy atom. The van der Waals surface area contributed by atoms with Gasteiger partial charge in [0.15, 0.2) is 0 Å². The first-order valence-corrected chi connectivity index (χ1v) is 17.6. The molecule has 11 aromatic rings. The molecule has 0 saturated heterocycles. The van der Waals surface area contributed by atoms with E-state index in [-0.39, 0.29) is 45.5 Å². The monoisotopic (exact) mass is 698 g/mol. The van der Waals surface area contributed by atoms with E-state index in [4.69, 9.17) is 12.6 Å². The van der Waals surface area contributed by atoms with Gasteiger partial charge >= 0.3 is 0 Å². The van der Waals surface area contributed by atoms with E-state index in [9.17, 15) is 6.85 Å². The first-order chi connectivity index (χ1) is 31.4. The normalized spacial score (nSPS) is 14.6. The van der Waals surface area contributed by atoms with Crippen molar-refractivity contribution in [3.8, 4) is 22.3 Å². The summed E-state index contributed by atoms with van der Waals surface area (Å²) in [6, 6.07) is 36.0. The summed E-state index contributed by atoms with van der Waals surface area (Å²) >= 11 is 0. The minimum absolute atomic E-state index is 0.0507. The molecule has 0 aliphatic rings. The molecule has 0 unspecified atom stereocenters. The van der Waals surface area contributed by atoms with E-state index in [0.29, 0.717) is 11.1 Å². The predicted octanol–water partition coefficient (Wildman–Crippen LogP) is 15.0. The molecule has 10 aromatic carbocycles. The molecule has 2 nitrogen and oxygen atoms in total. The maximum atomic E-state index is 9.71. The second-order valence-corrected chi connectivity index (χ2v) is 13.2. The van der Waals surface area contributed by atoms with Crippen LogP contribution in [-0.4, -0.2) is 0 Å². The van der Waals surface area contributed by atoms with Crippen LogP contribution >= 0.6 is 0 Å². The number of benzene rings is 10. The van der Waals surface area contributed by atoms with Crippen LogP contribution in [-0.2, 0) is 0 Å². The fourth-order valence-corrected chi connectivity index (χ4v) is 7.73. The third-order valence-electron chi connectivity index (χ3n) is 10.2. The molecule has 1 heterocycles. The molecule has 11 rings (SSSR count). The van der Waals surface area contributed by atoms with Crippen LogP contribution < -0.4 is 4.90 Å². The molecule has 0 radical (unpaired) electrons. The third-order valence-corrected chi connectivity index (χ3v) is 10.2. The number of fused-ring (bicyclic) bond motifs is 9. The number of hydrogen-bond donors (Lipinski definition) is 0. The van der Waals surface area contributed by atoms with Gasteiger partial charge in [-0.3, -0.25) is 0 Å². The molecule has 0 amide bonds. The van der Waals surface area contributed by atoms with Gasteiger partial charge < -0.3 is 9.32 Å². The molecule has 0 saturated carbocycles. The van der Waals surface area contributed by atoms with Crippen molar-refractivity contribution < 1.29 is 19.5 Å². The first-order valence-electron chi connectivity index (χ1n) is 23.1. The van der Waals surface area contributed by atoms with Crippen LogP contribution in [0.25, 0.3) is 87.3 Å². The van der Waals surface area contributed by atoms with E-state index in [0.717, 1.165) is 59.8 Å². The van der Waals surface area contributed by atoms with Crippen molar-refractivity contribution in [2.45, 2.75) is 0 Å². The predicted molar refractivity (Wildman–Crippen MR) is 229 cm³/mol. The molecule has 0 aliphatic heterocycles. The Bertz CT molecular complexity index is 3830. The smallest absolute Gasteiger partial charge is 0.143 e. The summed E-state index contributed by atoms with van der Waals surface area (Å²) in [5.74, 6) is 0. The molecule has 0 fully saturated rings. The lowest BCUT2D eigenvalue weighted by Crippen LogP contribution is -2.10. The van der Waals surface area contributed by atoms with Crippen molar-refractivity contribution in [2.24, 2.45) is 0 Å². The molecule has 2 heteroatoms. The highest BCUT2D eigenvalue weighted by Crippen LogP contribution is 2.43. The van der Waals surface area contributed by atoms with Crippen molar-refractivity contribution in [3.05, 3.63) is 200 Å². The zero-order chi connectivity index (χ0) is 45.2. The molecular formula is C52H33NO. The molecule has 252 valence electrons. The highest BCUT2D eigenvalue weighted by atomic mass is 16.3. The minimum atomic E-state index is -0.639. The number of hydrogen-bond acceptors (Lipinski definition) is 2. The zero-order valence-electron chi connectivity index (χ0n) is 39.6. The molecule has 54 heavy (non-hydrogen) atoms. The lowest BCUT2D eigenvalue weighted by atomic mass is 9.93. The van der Waals surface area contributed by atoms with Gasteiger partial charge in [-0.1, -0.05) is 151 Å². The molecule has 0 spiro atoms.